The van der Waals surface area contributed by atoms with Crippen LogP contribution in [-0.2, 0) is 0 Å². The Bertz CT molecular complexity index is 3540. The van der Waals surface area contributed by atoms with E-state index in [0.29, 0.717) is 23.3 Å². The quantitative estimate of drug-likeness (QED) is 0.168. The predicted molar refractivity (Wildman–Crippen MR) is 247 cm³/mol. The van der Waals surface area contributed by atoms with Crippen molar-refractivity contribution in [1.82, 2.24) is 29.5 Å². The molecule has 0 radical (unpaired) electrons. The van der Waals surface area contributed by atoms with Crippen LogP contribution < -0.4 is 0 Å². The van der Waals surface area contributed by atoms with Gasteiger partial charge in [0, 0.05) is 69.8 Å². The molecule has 4 heterocycles. The van der Waals surface area contributed by atoms with Crippen molar-refractivity contribution in [2.24, 2.45) is 0 Å². The van der Waals surface area contributed by atoms with Gasteiger partial charge >= 0.3 is 0 Å². The normalized spacial score (nSPS) is 11.7. The molecule has 0 aliphatic carbocycles. The van der Waals surface area contributed by atoms with Crippen molar-refractivity contribution < 1.29 is 0 Å². The number of para-hydroxylation sites is 3. The highest BCUT2D eigenvalue weighted by molar-refractivity contribution is 7.26. The van der Waals surface area contributed by atoms with Crippen LogP contribution in [0.3, 0.4) is 0 Å². The lowest BCUT2D eigenvalue weighted by Crippen LogP contribution is -2.00. The maximum atomic E-state index is 5.49. The number of fused-ring (bicyclic) bond motifs is 7. The highest BCUT2D eigenvalue weighted by atomic mass is 32.1. The molecular formula is C53H32N6S. The maximum absolute atomic E-state index is 5.49. The third-order valence-corrected chi connectivity index (χ3v) is 12.4. The minimum absolute atomic E-state index is 0.616. The van der Waals surface area contributed by atoms with E-state index in [9.17, 15) is 0 Å². The molecule has 0 fully saturated rings. The lowest BCUT2D eigenvalue weighted by Gasteiger charge is -2.13. The van der Waals surface area contributed by atoms with Gasteiger partial charge in [0.05, 0.1) is 22.2 Å². The van der Waals surface area contributed by atoms with Crippen LogP contribution in [0.2, 0.25) is 0 Å². The molecule has 12 rings (SSSR count). The predicted octanol–water partition coefficient (Wildman–Crippen LogP) is 13.6. The number of benzene rings is 8. The van der Waals surface area contributed by atoms with E-state index in [1.54, 1.807) is 11.3 Å². The second-order valence-electron chi connectivity index (χ2n) is 14.8. The van der Waals surface area contributed by atoms with Gasteiger partial charge in [-0.05, 0) is 42.5 Å². The van der Waals surface area contributed by atoms with Crippen LogP contribution in [0.5, 0.6) is 0 Å². The fourth-order valence-corrected chi connectivity index (χ4v) is 9.72. The van der Waals surface area contributed by atoms with Crippen molar-refractivity contribution >= 4 is 64.2 Å². The second-order valence-corrected chi connectivity index (χ2v) is 15.9. The molecule has 8 aromatic carbocycles. The lowest BCUT2D eigenvalue weighted by atomic mass is 10.00. The SMILES string of the molecule is c1ccc(-c2nc(-c3ccccc3)nc(-c3cccc4sc5cccc(-c6nc(-c7ccc8c9ccccc9n(-c9ccccc9)c8c7)c7ccccc7n6)c5c34)n2)cc1. The third-order valence-electron chi connectivity index (χ3n) is 11.3. The first-order chi connectivity index (χ1) is 29.7. The standard InChI is InChI=1S/C53H32N6S/c1-4-16-33(17-5-1)50-56-51(34-18-6-2-7-19-34)58-53(57-50)41-25-15-29-46-48(41)47-40(24-14-28-45(47)60-46)52-54-42-26-12-10-23-39(42)49(55-52)35-30-31-38-37-22-11-13-27-43(37)59(44(38)32-35)36-20-8-3-9-21-36/h1-32H. The number of aromatic nitrogens is 6. The Hall–Kier alpha value is -7.87. The van der Waals surface area contributed by atoms with Gasteiger partial charge in [0.1, 0.15) is 0 Å². The van der Waals surface area contributed by atoms with Gasteiger partial charge in [-0.25, -0.2) is 24.9 Å². The molecule has 7 heteroatoms. The van der Waals surface area contributed by atoms with Crippen molar-refractivity contribution in [3.8, 4) is 62.5 Å². The van der Waals surface area contributed by atoms with Gasteiger partial charge in [-0.3, -0.25) is 0 Å². The van der Waals surface area contributed by atoms with Gasteiger partial charge in [-0.15, -0.1) is 11.3 Å². The fourth-order valence-electron chi connectivity index (χ4n) is 8.56. The molecule has 0 saturated heterocycles. The minimum atomic E-state index is 0.616. The first-order valence-corrected chi connectivity index (χ1v) is 20.7. The number of hydrogen-bond donors (Lipinski definition) is 0. The molecule has 0 atom stereocenters. The van der Waals surface area contributed by atoms with Crippen LogP contribution in [0.25, 0.3) is 115 Å². The van der Waals surface area contributed by atoms with Gasteiger partial charge in [-0.2, -0.15) is 0 Å². The average Bonchev–Trinajstić information content (AvgIpc) is 3.88. The Morgan fingerprint density at radius 3 is 1.55 bits per heavy atom. The molecule has 280 valence electrons. The summed E-state index contributed by atoms with van der Waals surface area (Å²) in [6, 6.07) is 67.3. The van der Waals surface area contributed by atoms with E-state index in [2.05, 4.69) is 132 Å². The Morgan fingerprint density at radius 1 is 0.350 bits per heavy atom. The van der Waals surface area contributed by atoms with Crippen LogP contribution >= 0.6 is 11.3 Å². The highest BCUT2D eigenvalue weighted by Gasteiger charge is 2.22. The van der Waals surface area contributed by atoms with Crippen LogP contribution in [0.1, 0.15) is 0 Å². The fraction of sp³-hybridized carbons (Fsp3) is 0. The number of hydrogen-bond acceptors (Lipinski definition) is 6. The molecule has 12 aromatic rings. The number of nitrogens with zero attached hydrogens (tertiary/aromatic N) is 6. The maximum Gasteiger partial charge on any atom is 0.164 e. The summed E-state index contributed by atoms with van der Waals surface area (Å²) in [4.78, 5) is 26.1. The van der Waals surface area contributed by atoms with Crippen molar-refractivity contribution in [3.63, 3.8) is 0 Å². The molecule has 0 unspecified atom stereocenters. The van der Waals surface area contributed by atoms with E-state index in [-0.39, 0.29) is 0 Å². The zero-order valence-electron chi connectivity index (χ0n) is 32.1. The lowest BCUT2D eigenvalue weighted by molar-refractivity contribution is 1.08. The number of rotatable bonds is 6. The van der Waals surface area contributed by atoms with Crippen LogP contribution in [0.15, 0.2) is 194 Å². The monoisotopic (exact) mass is 784 g/mol. The molecule has 6 nitrogen and oxygen atoms in total. The highest BCUT2D eigenvalue weighted by Crippen LogP contribution is 2.44. The first kappa shape index (κ1) is 34.2. The average molecular weight is 785 g/mol. The van der Waals surface area contributed by atoms with Crippen molar-refractivity contribution in [3.05, 3.63) is 194 Å². The van der Waals surface area contributed by atoms with Crippen LogP contribution in [0, 0.1) is 0 Å². The summed E-state index contributed by atoms with van der Waals surface area (Å²) in [5.74, 6) is 2.53. The molecule has 60 heavy (non-hydrogen) atoms. The largest absolute Gasteiger partial charge is 0.309 e. The summed E-state index contributed by atoms with van der Waals surface area (Å²) in [5.41, 5.74) is 9.96. The zero-order valence-corrected chi connectivity index (χ0v) is 32.9. The summed E-state index contributed by atoms with van der Waals surface area (Å²) in [7, 11) is 0. The molecule has 0 bridgehead atoms. The Morgan fingerprint density at radius 2 is 0.883 bits per heavy atom. The van der Waals surface area contributed by atoms with Crippen LogP contribution in [-0.4, -0.2) is 29.5 Å². The van der Waals surface area contributed by atoms with E-state index in [1.807, 2.05) is 66.7 Å². The smallest absolute Gasteiger partial charge is 0.164 e. The molecule has 0 N–H and O–H groups in total. The van der Waals surface area contributed by atoms with Crippen molar-refractivity contribution in [2.75, 3.05) is 0 Å². The molecule has 0 aliphatic heterocycles. The molecule has 0 saturated carbocycles. The summed E-state index contributed by atoms with van der Waals surface area (Å²) in [6.07, 6.45) is 0. The Balaban J connectivity index is 1.09. The van der Waals surface area contributed by atoms with E-state index >= 15 is 0 Å². The second kappa shape index (κ2) is 13.9. The topological polar surface area (TPSA) is 69.4 Å². The number of thiophene rings is 1. The summed E-state index contributed by atoms with van der Waals surface area (Å²) < 4.78 is 4.63. The Kier molecular flexibility index (Phi) is 7.92. The van der Waals surface area contributed by atoms with Crippen LogP contribution in [0.4, 0.5) is 0 Å². The molecular weight excluding hydrogens is 753 g/mol. The first-order valence-electron chi connectivity index (χ1n) is 19.9. The van der Waals surface area contributed by atoms with Gasteiger partial charge < -0.3 is 4.57 Å². The van der Waals surface area contributed by atoms with E-state index in [4.69, 9.17) is 24.9 Å². The third kappa shape index (κ3) is 5.59. The van der Waals surface area contributed by atoms with E-state index < -0.39 is 0 Å². The van der Waals surface area contributed by atoms with Gasteiger partial charge in [-0.1, -0.05) is 152 Å². The molecule has 0 amide bonds. The van der Waals surface area contributed by atoms with Crippen molar-refractivity contribution in [1.29, 1.82) is 0 Å². The molecule has 4 aromatic heterocycles. The van der Waals surface area contributed by atoms with Gasteiger partial charge in [0.15, 0.2) is 23.3 Å². The van der Waals surface area contributed by atoms with Crippen molar-refractivity contribution in [2.45, 2.75) is 0 Å². The van der Waals surface area contributed by atoms with Gasteiger partial charge in [0.2, 0.25) is 0 Å². The van der Waals surface area contributed by atoms with Gasteiger partial charge in [0.25, 0.3) is 0 Å². The summed E-state index contributed by atoms with van der Waals surface area (Å²) in [6.45, 7) is 0. The zero-order chi connectivity index (χ0) is 39.6. The summed E-state index contributed by atoms with van der Waals surface area (Å²) >= 11 is 1.76. The molecule has 0 aliphatic rings. The molecule has 0 spiro atoms. The van der Waals surface area contributed by atoms with E-state index in [0.717, 1.165) is 75.8 Å². The summed E-state index contributed by atoms with van der Waals surface area (Å²) in [5, 5.41) is 5.57. The minimum Gasteiger partial charge on any atom is -0.309 e. The van der Waals surface area contributed by atoms with E-state index in [1.165, 1.54) is 16.3 Å². The Labute approximate surface area is 348 Å².